The fourth-order valence-corrected chi connectivity index (χ4v) is 1.09. The number of anilines is 1. The van der Waals surface area contributed by atoms with Crippen molar-refractivity contribution >= 4 is 33.2 Å². The van der Waals surface area contributed by atoms with Crippen molar-refractivity contribution in [1.82, 2.24) is 0 Å². The standard InChI is InChI=1S/C7H7BrClN/c8-6-2-1-5(4-9)3-7(6)10/h1-3H,4,10H2. The predicted octanol–water partition coefficient (Wildman–Crippen LogP) is 2.77. The van der Waals surface area contributed by atoms with Gasteiger partial charge in [-0.1, -0.05) is 6.07 Å². The average molecular weight is 220 g/mol. The Kier molecular flexibility index (Phi) is 2.57. The molecule has 0 spiro atoms. The molecule has 0 atom stereocenters. The van der Waals surface area contributed by atoms with Crippen molar-refractivity contribution in [3.63, 3.8) is 0 Å². The van der Waals surface area contributed by atoms with E-state index < -0.39 is 0 Å². The molecule has 0 saturated heterocycles. The highest BCUT2D eigenvalue weighted by Gasteiger charge is 1.95. The Bertz CT molecular complexity index is 237. The highest BCUT2D eigenvalue weighted by Crippen LogP contribution is 2.20. The molecule has 54 valence electrons. The molecule has 10 heavy (non-hydrogen) atoms. The number of alkyl halides is 1. The lowest BCUT2D eigenvalue weighted by atomic mass is 10.2. The maximum absolute atomic E-state index is 5.59. The molecule has 0 unspecified atom stereocenters. The van der Waals surface area contributed by atoms with Crippen LogP contribution >= 0.6 is 27.5 Å². The van der Waals surface area contributed by atoms with Gasteiger partial charge >= 0.3 is 0 Å². The number of hydrogen-bond acceptors (Lipinski definition) is 1. The van der Waals surface area contributed by atoms with Crippen molar-refractivity contribution < 1.29 is 0 Å². The molecule has 2 N–H and O–H groups in total. The van der Waals surface area contributed by atoms with Gasteiger partial charge in [0, 0.05) is 16.0 Å². The van der Waals surface area contributed by atoms with Crippen LogP contribution < -0.4 is 5.73 Å². The summed E-state index contributed by atoms with van der Waals surface area (Å²) >= 11 is 8.87. The van der Waals surface area contributed by atoms with E-state index in [2.05, 4.69) is 15.9 Å². The molecule has 0 saturated carbocycles. The van der Waals surface area contributed by atoms with Crippen LogP contribution in [0.5, 0.6) is 0 Å². The van der Waals surface area contributed by atoms with E-state index >= 15 is 0 Å². The van der Waals surface area contributed by atoms with Gasteiger partial charge in [-0.05, 0) is 33.6 Å². The first-order chi connectivity index (χ1) is 4.74. The summed E-state index contributed by atoms with van der Waals surface area (Å²) in [7, 11) is 0. The molecule has 0 aliphatic rings. The van der Waals surface area contributed by atoms with Crippen LogP contribution in [0, 0.1) is 0 Å². The summed E-state index contributed by atoms with van der Waals surface area (Å²) in [6, 6.07) is 5.69. The smallest absolute Gasteiger partial charge is 0.0474 e. The summed E-state index contributed by atoms with van der Waals surface area (Å²) in [5, 5.41) is 0. The lowest BCUT2D eigenvalue weighted by Crippen LogP contribution is -1.87. The third-order valence-corrected chi connectivity index (χ3v) is 2.25. The van der Waals surface area contributed by atoms with Crippen LogP contribution in [0.4, 0.5) is 5.69 Å². The lowest BCUT2D eigenvalue weighted by molar-refractivity contribution is 1.40. The molecule has 0 radical (unpaired) electrons. The third-order valence-electron chi connectivity index (χ3n) is 1.21. The number of benzene rings is 1. The minimum atomic E-state index is 0.511. The van der Waals surface area contributed by atoms with Crippen LogP contribution in [0.15, 0.2) is 22.7 Å². The Balaban J connectivity index is 3.04. The van der Waals surface area contributed by atoms with Gasteiger partial charge in [0.05, 0.1) is 0 Å². The Morgan fingerprint density at radius 1 is 1.50 bits per heavy atom. The molecule has 0 amide bonds. The number of nitrogens with two attached hydrogens (primary N) is 1. The second kappa shape index (κ2) is 3.26. The Hall–Kier alpha value is -0.210. The molecule has 0 fully saturated rings. The van der Waals surface area contributed by atoms with Crippen molar-refractivity contribution in [2.75, 3.05) is 5.73 Å². The molecule has 0 aliphatic heterocycles. The quantitative estimate of drug-likeness (QED) is 0.572. The molecule has 1 aromatic carbocycles. The van der Waals surface area contributed by atoms with E-state index in [-0.39, 0.29) is 0 Å². The fourth-order valence-electron chi connectivity index (χ4n) is 0.676. The molecule has 1 aromatic rings. The second-order valence-corrected chi connectivity index (χ2v) is 3.11. The maximum atomic E-state index is 5.59. The maximum Gasteiger partial charge on any atom is 0.0474 e. The summed E-state index contributed by atoms with van der Waals surface area (Å²) < 4.78 is 0.918. The van der Waals surface area contributed by atoms with Crippen molar-refractivity contribution in [1.29, 1.82) is 0 Å². The van der Waals surface area contributed by atoms with Gasteiger partial charge in [-0.3, -0.25) is 0 Å². The molecular weight excluding hydrogens is 213 g/mol. The van der Waals surface area contributed by atoms with Gasteiger partial charge in [0.2, 0.25) is 0 Å². The SMILES string of the molecule is Nc1cc(CCl)ccc1Br. The van der Waals surface area contributed by atoms with Crippen LogP contribution in [0.3, 0.4) is 0 Å². The van der Waals surface area contributed by atoms with Gasteiger partial charge in [-0.25, -0.2) is 0 Å². The molecule has 0 heterocycles. The number of hydrogen-bond donors (Lipinski definition) is 1. The van der Waals surface area contributed by atoms with E-state index in [9.17, 15) is 0 Å². The first-order valence-electron chi connectivity index (χ1n) is 2.84. The van der Waals surface area contributed by atoms with Crippen molar-refractivity contribution in [3.05, 3.63) is 28.2 Å². The lowest BCUT2D eigenvalue weighted by Gasteiger charge is -1.98. The Labute approximate surface area is 73.3 Å². The van der Waals surface area contributed by atoms with Crippen molar-refractivity contribution in [2.24, 2.45) is 0 Å². The van der Waals surface area contributed by atoms with E-state index in [1.807, 2.05) is 18.2 Å². The molecular formula is C7H7BrClN. The normalized spacial score (nSPS) is 9.80. The molecule has 3 heteroatoms. The zero-order valence-corrected chi connectivity index (χ0v) is 7.61. The zero-order chi connectivity index (χ0) is 7.56. The number of nitrogen functional groups attached to an aromatic ring is 1. The highest BCUT2D eigenvalue weighted by molar-refractivity contribution is 9.10. The van der Waals surface area contributed by atoms with E-state index in [0.717, 1.165) is 15.7 Å². The van der Waals surface area contributed by atoms with E-state index in [1.165, 1.54) is 0 Å². The van der Waals surface area contributed by atoms with Crippen molar-refractivity contribution in [2.45, 2.75) is 5.88 Å². The van der Waals surface area contributed by atoms with Crippen molar-refractivity contribution in [3.8, 4) is 0 Å². The van der Waals surface area contributed by atoms with E-state index in [0.29, 0.717) is 5.88 Å². The minimum Gasteiger partial charge on any atom is -0.398 e. The highest BCUT2D eigenvalue weighted by atomic mass is 79.9. The summed E-state index contributed by atoms with van der Waals surface area (Å²) in [5.74, 6) is 0.511. The summed E-state index contributed by atoms with van der Waals surface area (Å²) in [4.78, 5) is 0. The summed E-state index contributed by atoms with van der Waals surface area (Å²) in [6.07, 6.45) is 0. The monoisotopic (exact) mass is 219 g/mol. The first-order valence-corrected chi connectivity index (χ1v) is 4.16. The largest absolute Gasteiger partial charge is 0.398 e. The van der Waals surface area contributed by atoms with Gasteiger partial charge in [0.1, 0.15) is 0 Å². The predicted molar refractivity (Wildman–Crippen MR) is 48.1 cm³/mol. The summed E-state index contributed by atoms with van der Waals surface area (Å²) in [6.45, 7) is 0. The van der Waals surface area contributed by atoms with E-state index in [1.54, 1.807) is 0 Å². The number of halogens is 2. The van der Waals surface area contributed by atoms with E-state index in [4.69, 9.17) is 17.3 Å². The fraction of sp³-hybridized carbons (Fsp3) is 0.143. The number of rotatable bonds is 1. The van der Waals surface area contributed by atoms with Gasteiger partial charge in [-0.15, -0.1) is 11.6 Å². The Morgan fingerprint density at radius 3 is 2.70 bits per heavy atom. The summed E-state index contributed by atoms with van der Waals surface area (Å²) in [5.41, 5.74) is 7.37. The second-order valence-electron chi connectivity index (χ2n) is 1.99. The van der Waals surface area contributed by atoms with Crippen LogP contribution in [0.25, 0.3) is 0 Å². The Morgan fingerprint density at radius 2 is 2.20 bits per heavy atom. The molecule has 1 rings (SSSR count). The van der Waals surface area contributed by atoms with Crippen LogP contribution in [-0.4, -0.2) is 0 Å². The van der Waals surface area contributed by atoms with Crippen LogP contribution in [0.1, 0.15) is 5.56 Å². The van der Waals surface area contributed by atoms with Gasteiger partial charge in [0.25, 0.3) is 0 Å². The first kappa shape index (κ1) is 7.89. The molecule has 0 aromatic heterocycles. The molecule has 1 nitrogen and oxygen atoms in total. The minimum absolute atomic E-state index is 0.511. The molecule has 0 bridgehead atoms. The third kappa shape index (κ3) is 1.64. The van der Waals surface area contributed by atoms with Gasteiger partial charge < -0.3 is 5.73 Å². The van der Waals surface area contributed by atoms with Crippen LogP contribution in [0.2, 0.25) is 0 Å². The average Bonchev–Trinajstić information content (AvgIpc) is 1.95. The van der Waals surface area contributed by atoms with Gasteiger partial charge in [-0.2, -0.15) is 0 Å². The van der Waals surface area contributed by atoms with Crippen LogP contribution in [-0.2, 0) is 5.88 Å². The topological polar surface area (TPSA) is 26.0 Å². The zero-order valence-electron chi connectivity index (χ0n) is 5.27. The molecule has 0 aliphatic carbocycles. The van der Waals surface area contributed by atoms with Gasteiger partial charge in [0.15, 0.2) is 0 Å².